The SMILES string of the molecule is CCc1cc(CN2CC(C)c3ccccc32)ccc1C1CCN(C(=O)[C@H](C)O)CC1. The van der Waals surface area contributed by atoms with E-state index in [1.807, 2.05) is 4.90 Å². The van der Waals surface area contributed by atoms with Crippen LogP contribution in [0.2, 0.25) is 0 Å². The maximum atomic E-state index is 12.1. The summed E-state index contributed by atoms with van der Waals surface area (Å²) in [5.74, 6) is 0.944. The van der Waals surface area contributed by atoms with E-state index in [1.54, 1.807) is 6.92 Å². The number of aliphatic hydroxyl groups excluding tert-OH is 1. The van der Waals surface area contributed by atoms with Crippen LogP contribution in [-0.4, -0.2) is 41.7 Å². The minimum absolute atomic E-state index is 0.139. The van der Waals surface area contributed by atoms with Gasteiger partial charge in [0.15, 0.2) is 0 Å². The number of para-hydroxylation sites is 1. The smallest absolute Gasteiger partial charge is 0.251 e. The van der Waals surface area contributed by atoms with E-state index in [2.05, 4.69) is 61.2 Å². The lowest BCUT2D eigenvalue weighted by atomic mass is 9.85. The first-order valence-electron chi connectivity index (χ1n) is 11.4. The topological polar surface area (TPSA) is 43.8 Å². The summed E-state index contributed by atoms with van der Waals surface area (Å²) >= 11 is 0. The van der Waals surface area contributed by atoms with E-state index < -0.39 is 6.10 Å². The van der Waals surface area contributed by atoms with E-state index in [0.717, 1.165) is 45.4 Å². The van der Waals surface area contributed by atoms with Gasteiger partial charge in [-0.1, -0.05) is 50.2 Å². The molecule has 1 unspecified atom stereocenters. The van der Waals surface area contributed by atoms with Gasteiger partial charge < -0.3 is 14.9 Å². The summed E-state index contributed by atoms with van der Waals surface area (Å²) in [5, 5.41) is 9.57. The van der Waals surface area contributed by atoms with E-state index in [0.29, 0.717) is 11.8 Å². The summed E-state index contributed by atoms with van der Waals surface area (Å²) in [5.41, 5.74) is 7.10. The van der Waals surface area contributed by atoms with Gasteiger partial charge in [-0.25, -0.2) is 0 Å². The molecule has 4 heteroatoms. The van der Waals surface area contributed by atoms with Crippen molar-refractivity contribution in [3.63, 3.8) is 0 Å². The van der Waals surface area contributed by atoms with Gasteiger partial charge in [0.25, 0.3) is 5.91 Å². The van der Waals surface area contributed by atoms with Crippen molar-refractivity contribution in [2.45, 2.75) is 64.5 Å². The van der Waals surface area contributed by atoms with Gasteiger partial charge >= 0.3 is 0 Å². The Morgan fingerprint density at radius 2 is 1.87 bits per heavy atom. The number of fused-ring (bicyclic) bond motifs is 1. The number of hydrogen-bond acceptors (Lipinski definition) is 3. The predicted molar refractivity (Wildman–Crippen MR) is 122 cm³/mol. The molecule has 0 aromatic heterocycles. The van der Waals surface area contributed by atoms with Crippen molar-refractivity contribution in [2.24, 2.45) is 0 Å². The van der Waals surface area contributed by atoms with Crippen LogP contribution in [0, 0.1) is 0 Å². The number of rotatable bonds is 5. The Hall–Kier alpha value is -2.33. The molecule has 160 valence electrons. The molecule has 0 bridgehead atoms. The van der Waals surface area contributed by atoms with Gasteiger partial charge in [0.05, 0.1) is 0 Å². The van der Waals surface area contributed by atoms with Crippen molar-refractivity contribution in [3.8, 4) is 0 Å². The molecule has 0 aliphatic carbocycles. The highest BCUT2D eigenvalue weighted by molar-refractivity contribution is 5.80. The molecule has 2 heterocycles. The van der Waals surface area contributed by atoms with E-state index in [1.165, 1.54) is 27.9 Å². The summed E-state index contributed by atoms with van der Waals surface area (Å²) in [6.07, 6.45) is 2.08. The highest BCUT2D eigenvalue weighted by Crippen LogP contribution is 2.37. The van der Waals surface area contributed by atoms with Gasteiger partial charge in [0.2, 0.25) is 0 Å². The minimum Gasteiger partial charge on any atom is -0.384 e. The number of anilines is 1. The van der Waals surface area contributed by atoms with Crippen LogP contribution in [0.3, 0.4) is 0 Å². The Kier molecular flexibility index (Phi) is 6.14. The summed E-state index contributed by atoms with van der Waals surface area (Å²) in [7, 11) is 0. The Bertz CT molecular complexity index is 900. The third-order valence-corrected chi connectivity index (χ3v) is 6.87. The molecule has 4 nitrogen and oxygen atoms in total. The zero-order valence-corrected chi connectivity index (χ0v) is 18.5. The summed E-state index contributed by atoms with van der Waals surface area (Å²) < 4.78 is 0. The Labute approximate surface area is 180 Å². The second kappa shape index (κ2) is 8.81. The monoisotopic (exact) mass is 406 g/mol. The number of aryl methyl sites for hydroxylation is 1. The zero-order chi connectivity index (χ0) is 21.3. The molecule has 2 aromatic carbocycles. The van der Waals surface area contributed by atoms with Crippen molar-refractivity contribution in [3.05, 3.63) is 64.7 Å². The first-order valence-corrected chi connectivity index (χ1v) is 11.4. The van der Waals surface area contributed by atoms with Crippen molar-refractivity contribution in [1.29, 1.82) is 0 Å². The molecule has 4 rings (SSSR count). The van der Waals surface area contributed by atoms with E-state index in [9.17, 15) is 9.90 Å². The van der Waals surface area contributed by atoms with Crippen LogP contribution in [0.25, 0.3) is 0 Å². The number of carbonyl (C=O) groups excluding carboxylic acids is 1. The molecule has 2 aliphatic heterocycles. The van der Waals surface area contributed by atoms with Crippen LogP contribution in [0.15, 0.2) is 42.5 Å². The first-order chi connectivity index (χ1) is 14.5. The summed E-state index contributed by atoms with van der Waals surface area (Å²) in [6, 6.07) is 15.8. The predicted octanol–water partition coefficient (Wildman–Crippen LogP) is 4.46. The lowest BCUT2D eigenvalue weighted by Gasteiger charge is -2.34. The third kappa shape index (κ3) is 4.11. The molecule has 0 spiro atoms. The molecule has 1 amide bonds. The van der Waals surface area contributed by atoms with Gasteiger partial charge in [-0.15, -0.1) is 0 Å². The minimum atomic E-state index is -0.898. The number of hydrogen-bond donors (Lipinski definition) is 1. The number of amides is 1. The van der Waals surface area contributed by atoms with Crippen molar-refractivity contribution < 1.29 is 9.90 Å². The molecule has 30 heavy (non-hydrogen) atoms. The highest BCUT2D eigenvalue weighted by Gasteiger charge is 2.28. The number of benzene rings is 2. The molecule has 0 radical (unpaired) electrons. The summed E-state index contributed by atoms with van der Waals surface area (Å²) in [4.78, 5) is 16.4. The third-order valence-electron chi connectivity index (χ3n) is 6.87. The first kappa shape index (κ1) is 20.9. The number of piperidine rings is 1. The quantitative estimate of drug-likeness (QED) is 0.797. The molecule has 1 saturated heterocycles. The van der Waals surface area contributed by atoms with Gasteiger partial charge in [0.1, 0.15) is 6.10 Å². The Morgan fingerprint density at radius 1 is 1.13 bits per heavy atom. The number of nitrogens with zero attached hydrogens (tertiary/aromatic N) is 2. The second-order valence-electron chi connectivity index (χ2n) is 9.00. The Balaban J connectivity index is 1.46. The number of likely N-dealkylation sites (tertiary alicyclic amines) is 1. The number of carbonyl (C=O) groups is 1. The molecule has 2 aliphatic rings. The van der Waals surface area contributed by atoms with Crippen molar-refractivity contribution in [1.82, 2.24) is 4.90 Å². The maximum absolute atomic E-state index is 12.1. The molecule has 0 saturated carbocycles. The van der Waals surface area contributed by atoms with Crippen LogP contribution in [0.4, 0.5) is 5.69 Å². The second-order valence-corrected chi connectivity index (χ2v) is 9.00. The standard InChI is InChI=1S/C26H34N2O2/c1-4-21-15-20(17-28-16-18(2)23-7-5-6-8-25(23)28)9-10-24(21)22-11-13-27(14-12-22)26(30)19(3)29/h5-10,15,18-19,22,29H,4,11-14,16-17H2,1-3H3/t18?,19-/m0/s1. The van der Waals surface area contributed by atoms with Crippen LogP contribution in [0.5, 0.6) is 0 Å². The molecular weight excluding hydrogens is 372 g/mol. The largest absolute Gasteiger partial charge is 0.384 e. The Morgan fingerprint density at radius 3 is 2.57 bits per heavy atom. The fourth-order valence-corrected chi connectivity index (χ4v) is 5.23. The summed E-state index contributed by atoms with van der Waals surface area (Å²) in [6.45, 7) is 9.62. The fraction of sp³-hybridized carbons (Fsp3) is 0.500. The van der Waals surface area contributed by atoms with Gasteiger partial charge in [0, 0.05) is 37.8 Å². The van der Waals surface area contributed by atoms with Crippen LogP contribution >= 0.6 is 0 Å². The van der Waals surface area contributed by atoms with Crippen molar-refractivity contribution >= 4 is 11.6 Å². The maximum Gasteiger partial charge on any atom is 0.251 e. The molecule has 1 N–H and O–H groups in total. The van der Waals surface area contributed by atoms with Gasteiger partial charge in [-0.05, 0) is 60.4 Å². The lowest BCUT2D eigenvalue weighted by Crippen LogP contribution is -2.42. The van der Waals surface area contributed by atoms with E-state index in [4.69, 9.17) is 0 Å². The van der Waals surface area contributed by atoms with Gasteiger partial charge in [-0.3, -0.25) is 4.79 Å². The van der Waals surface area contributed by atoms with Crippen LogP contribution in [0.1, 0.15) is 67.7 Å². The lowest BCUT2D eigenvalue weighted by molar-refractivity contribution is -0.140. The van der Waals surface area contributed by atoms with Crippen LogP contribution in [-0.2, 0) is 17.8 Å². The highest BCUT2D eigenvalue weighted by atomic mass is 16.3. The normalized spacial score (nSPS) is 20.3. The fourth-order valence-electron chi connectivity index (χ4n) is 5.23. The molecule has 2 aromatic rings. The molecular formula is C26H34N2O2. The van der Waals surface area contributed by atoms with Crippen LogP contribution < -0.4 is 4.90 Å². The number of aliphatic hydroxyl groups is 1. The average molecular weight is 407 g/mol. The van der Waals surface area contributed by atoms with Crippen molar-refractivity contribution in [2.75, 3.05) is 24.5 Å². The molecule has 1 fully saturated rings. The van der Waals surface area contributed by atoms with E-state index >= 15 is 0 Å². The van der Waals surface area contributed by atoms with Gasteiger partial charge in [-0.2, -0.15) is 0 Å². The average Bonchev–Trinajstić information content (AvgIpc) is 3.08. The van der Waals surface area contributed by atoms with E-state index in [-0.39, 0.29) is 5.91 Å². The molecule has 2 atom stereocenters. The zero-order valence-electron chi connectivity index (χ0n) is 18.5.